The van der Waals surface area contributed by atoms with Gasteiger partial charge in [0.25, 0.3) is 5.91 Å². The lowest BCUT2D eigenvalue weighted by Crippen LogP contribution is -2.63. The fraction of sp³-hybridized carbons (Fsp3) is 0.480. The van der Waals surface area contributed by atoms with Crippen molar-refractivity contribution in [3.63, 3.8) is 0 Å². The molecule has 2 amide bonds. The molecule has 2 aromatic rings. The maximum Gasteiger partial charge on any atom is 0.416 e. The number of aryl methyl sites for hydroxylation is 1. The van der Waals surface area contributed by atoms with Gasteiger partial charge in [0.1, 0.15) is 6.54 Å². The van der Waals surface area contributed by atoms with Gasteiger partial charge in [-0.05, 0) is 56.9 Å². The Morgan fingerprint density at radius 3 is 2.53 bits per heavy atom. The normalized spacial score (nSPS) is 23.1. The predicted octanol–water partition coefficient (Wildman–Crippen LogP) is 3.64. The van der Waals surface area contributed by atoms with Gasteiger partial charge in [0.05, 0.1) is 17.2 Å². The van der Waals surface area contributed by atoms with E-state index in [2.05, 4.69) is 15.2 Å². The Hall–Kier alpha value is -2.69. The van der Waals surface area contributed by atoms with Crippen molar-refractivity contribution in [2.75, 3.05) is 19.6 Å². The lowest BCUT2D eigenvalue weighted by Gasteiger charge is -2.48. The van der Waals surface area contributed by atoms with Crippen LogP contribution >= 0.6 is 11.8 Å². The molecule has 1 saturated heterocycles. The van der Waals surface area contributed by atoms with Crippen molar-refractivity contribution < 1.29 is 27.9 Å². The Morgan fingerprint density at radius 1 is 1.22 bits per heavy atom. The van der Waals surface area contributed by atoms with Gasteiger partial charge < -0.3 is 10.4 Å². The van der Waals surface area contributed by atoms with Crippen LogP contribution in [0.5, 0.6) is 0 Å². The van der Waals surface area contributed by atoms with Crippen molar-refractivity contribution in [1.29, 1.82) is 0 Å². The molecule has 2 fully saturated rings. The average Bonchev–Trinajstić information content (AvgIpc) is 2.81. The molecule has 0 atom stereocenters. The summed E-state index contributed by atoms with van der Waals surface area (Å²) in [6.45, 7) is 2.71. The highest BCUT2D eigenvalue weighted by Gasteiger charge is 2.40. The molecule has 1 aliphatic heterocycles. The van der Waals surface area contributed by atoms with Gasteiger partial charge in [-0.1, -0.05) is 12.1 Å². The summed E-state index contributed by atoms with van der Waals surface area (Å²) < 4.78 is 39.2. The van der Waals surface area contributed by atoms with Crippen LogP contribution in [0.25, 0.3) is 0 Å². The molecular weight excluding hydrogens is 497 g/mol. The largest absolute Gasteiger partial charge is 0.416 e. The highest BCUT2D eigenvalue weighted by molar-refractivity contribution is 6.25. The Bertz CT molecular complexity index is 1100. The molecule has 1 aromatic carbocycles. The van der Waals surface area contributed by atoms with Crippen molar-refractivity contribution in [3.8, 4) is 0 Å². The molecule has 7 nitrogen and oxygen atoms in total. The van der Waals surface area contributed by atoms with Crippen molar-refractivity contribution in [2.45, 2.75) is 56.5 Å². The quantitative estimate of drug-likeness (QED) is 0.564. The molecule has 0 radical (unpaired) electrons. The Morgan fingerprint density at radius 2 is 1.92 bits per heavy atom. The zero-order valence-electron chi connectivity index (χ0n) is 19.8. The molecule has 0 bridgehead atoms. The van der Waals surface area contributed by atoms with E-state index in [9.17, 15) is 27.9 Å². The first kappa shape index (κ1) is 26.4. The molecule has 1 aromatic heterocycles. The van der Waals surface area contributed by atoms with Crippen LogP contribution < -0.4 is 5.32 Å². The highest BCUT2D eigenvalue weighted by atomic mass is 35.5. The van der Waals surface area contributed by atoms with Crippen LogP contribution in [0.4, 0.5) is 13.2 Å². The van der Waals surface area contributed by atoms with Crippen LogP contribution in [0.15, 0.2) is 42.6 Å². The second-order valence-electron chi connectivity index (χ2n) is 9.57. The Labute approximate surface area is 212 Å². The van der Waals surface area contributed by atoms with E-state index < -0.39 is 35.7 Å². The number of carbonyl (C=O) groups is 2. The standard InChI is InChI=1S/C25H28ClF3N4O3/c1-16-5-6-19(12-30-16)24(36)9-7-21(8-10-24)32-13-20(14-32)31-22(34)15-33(26)23(35)17-3-2-4-18(11-17)25(27,28)29/h2-6,11-12,20-21,36H,7-10,13-15H2,1H3,(H,31,34). The molecule has 0 spiro atoms. The van der Waals surface area contributed by atoms with E-state index in [0.29, 0.717) is 42.5 Å². The van der Waals surface area contributed by atoms with Crippen LogP contribution in [0.2, 0.25) is 0 Å². The van der Waals surface area contributed by atoms with Gasteiger partial charge in [-0.25, -0.2) is 4.42 Å². The summed E-state index contributed by atoms with van der Waals surface area (Å²) in [5, 5.41) is 13.9. The molecule has 2 heterocycles. The van der Waals surface area contributed by atoms with E-state index in [1.54, 1.807) is 6.20 Å². The molecule has 36 heavy (non-hydrogen) atoms. The summed E-state index contributed by atoms with van der Waals surface area (Å²) in [6.07, 6.45) is 0.0696. The second-order valence-corrected chi connectivity index (χ2v) is 9.98. The zero-order valence-corrected chi connectivity index (χ0v) is 20.5. The van der Waals surface area contributed by atoms with Gasteiger partial charge in [0.2, 0.25) is 5.91 Å². The number of hydrogen-bond donors (Lipinski definition) is 2. The number of aliphatic hydroxyl groups is 1. The van der Waals surface area contributed by atoms with Crippen LogP contribution in [0.1, 0.15) is 52.9 Å². The number of aromatic nitrogens is 1. The molecule has 2 N–H and O–H groups in total. The van der Waals surface area contributed by atoms with E-state index in [1.165, 1.54) is 6.07 Å². The summed E-state index contributed by atoms with van der Waals surface area (Å²) >= 11 is 5.91. The number of nitrogens with one attached hydrogen (secondary N) is 1. The third kappa shape index (κ3) is 5.99. The summed E-state index contributed by atoms with van der Waals surface area (Å²) in [4.78, 5) is 31.3. The van der Waals surface area contributed by atoms with E-state index in [4.69, 9.17) is 11.8 Å². The van der Waals surface area contributed by atoms with Crippen LogP contribution in [-0.4, -0.2) is 62.9 Å². The average molecular weight is 525 g/mol. The Balaban J connectivity index is 1.21. The second kappa shape index (κ2) is 10.4. The number of nitrogens with zero attached hydrogens (tertiary/aromatic N) is 3. The first-order chi connectivity index (χ1) is 16.9. The minimum atomic E-state index is -4.59. The Kier molecular flexibility index (Phi) is 7.59. The third-order valence-corrected chi connectivity index (χ3v) is 7.23. The number of rotatable bonds is 6. The molecular formula is C25H28ClF3N4O3. The first-order valence-corrected chi connectivity index (χ1v) is 12.1. The number of carbonyl (C=O) groups excluding carboxylic acids is 2. The zero-order chi connectivity index (χ0) is 26.1. The minimum Gasteiger partial charge on any atom is -0.385 e. The summed E-state index contributed by atoms with van der Waals surface area (Å²) in [7, 11) is 0. The molecule has 1 saturated carbocycles. The van der Waals surface area contributed by atoms with Crippen molar-refractivity contribution in [2.24, 2.45) is 0 Å². The topological polar surface area (TPSA) is 85.8 Å². The fourth-order valence-corrected chi connectivity index (χ4v) is 5.03. The number of hydrogen-bond acceptors (Lipinski definition) is 5. The van der Waals surface area contributed by atoms with E-state index in [0.717, 1.165) is 36.2 Å². The SMILES string of the molecule is Cc1ccc(C2(O)CCC(N3CC(NC(=O)CN(Cl)C(=O)c4cccc(C(F)(F)F)c4)C3)CC2)cn1. The third-order valence-electron chi connectivity index (χ3n) is 6.96. The molecule has 2 aliphatic rings. The maximum absolute atomic E-state index is 12.9. The van der Waals surface area contributed by atoms with Gasteiger partial charge in [-0.15, -0.1) is 0 Å². The van der Waals surface area contributed by atoms with E-state index in [1.807, 2.05) is 19.1 Å². The summed E-state index contributed by atoms with van der Waals surface area (Å²) in [6, 6.07) is 7.93. The van der Waals surface area contributed by atoms with E-state index >= 15 is 0 Å². The van der Waals surface area contributed by atoms with Gasteiger partial charge in [0.15, 0.2) is 0 Å². The number of benzene rings is 1. The molecule has 0 unspecified atom stereocenters. The van der Waals surface area contributed by atoms with Crippen molar-refractivity contribution >= 4 is 23.6 Å². The summed E-state index contributed by atoms with van der Waals surface area (Å²) in [5.74, 6) is -1.37. The monoisotopic (exact) mass is 524 g/mol. The fourth-order valence-electron chi connectivity index (χ4n) is 4.82. The predicted molar refractivity (Wildman–Crippen MR) is 127 cm³/mol. The van der Waals surface area contributed by atoms with Crippen LogP contribution in [0, 0.1) is 6.92 Å². The minimum absolute atomic E-state index is 0.103. The smallest absolute Gasteiger partial charge is 0.385 e. The van der Waals surface area contributed by atoms with Gasteiger partial charge >= 0.3 is 6.18 Å². The van der Waals surface area contributed by atoms with Gasteiger partial charge in [0, 0.05) is 53.9 Å². The number of halogens is 4. The number of pyridine rings is 1. The van der Waals surface area contributed by atoms with Crippen molar-refractivity contribution in [1.82, 2.24) is 19.6 Å². The van der Waals surface area contributed by atoms with Crippen LogP contribution in [0.3, 0.4) is 0 Å². The van der Waals surface area contributed by atoms with Crippen molar-refractivity contribution in [3.05, 3.63) is 65.0 Å². The summed E-state index contributed by atoms with van der Waals surface area (Å²) in [5.41, 5.74) is -0.339. The van der Waals surface area contributed by atoms with Crippen LogP contribution in [-0.2, 0) is 16.6 Å². The lowest BCUT2D eigenvalue weighted by molar-refractivity contribution is -0.137. The molecule has 1 aliphatic carbocycles. The molecule has 11 heteroatoms. The maximum atomic E-state index is 12.9. The number of amides is 2. The van der Waals surface area contributed by atoms with Gasteiger partial charge in [-0.2, -0.15) is 13.2 Å². The highest BCUT2D eigenvalue weighted by Crippen LogP contribution is 2.39. The van der Waals surface area contributed by atoms with Gasteiger partial charge in [-0.3, -0.25) is 19.5 Å². The van der Waals surface area contributed by atoms with E-state index in [-0.39, 0.29) is 11.6 Å². The molecule has 194 valence electrons. The lowest BCUT2D eigenvalue weighted by atomic mass is 9.77. The molecule has 4 rings (SSSR count). The number of likely N-dealkylation sites (tertiary alicyclic amines) is 1. The first-order valence-electron chi connectivity index (χ1n) is 11.8. The number of alkyl halides is 3.